The molecule has 0 bridgehead atoms. The minimum absolute atomic E-state index is 0.0401. The lowest BCUT2D eigenvalue weighted by atomic mass is 10.0. The highest BCUT2D eigenvalue weighted by Gasteiger charge is 2.20. The predicted molar refractivity (Wildman–Crippen MR) is 108 cm³/mol. The molecule has 1 saturated heterocycles. The van der Waals surface area contributed by atoms with E-state index in [4.69, 9.17) is 0 Å². The van der Waals surface area contributed by atoms with Crippen molar-refractivity contribution in [2.75, 3.05) is 23.3 Å². The number of aromatic nitrogens is 1. The number of amides is 1. The van der Waals surface area contributed by atoms with E-state index >= 15 is 0 Å². The Labute approximate surface area is 165 Å². The molecule has 2 aromatic rings. The van der Waals surface area contributed by atoms with Crippen molar-refractivity contribution >= 4 is 27.4 Å². The van der Waals surface area contributed by atoms with Crippen LogP contribution in [-0.2, 0) is 27.8 Å². The average molecular weight is 401 g/mol. The molecule has 148 valence electrons. The molecule has 7 nitrogen and oxygen atoms in total. The van der Waals surface area contributed by atoms with Crippen molar-refractivity contribution in [1.29, 1.82) is 0 Å². The van der Waals surface area contributed by atoms with Crippen LogP contribution in [0.15, 0.2) is 41.4 Å². The molecule has 2 N–H and O–H groups in total. The van der Waals surface area contributed by atoms with Crippen molar-refractivity contribution in [1.82, 2.24) is 9.71 Å². The maximum Gasteiger partial charge on any atom is 0.240 e. The largest absolute Gasteiger partial charge is 0.357 e. The lowest BCUT2D eigenvalue weighted by Gasteiger charge is -2.27. The number of rotatable bonds is 5. The summed E-state index contributed by atoms with van der Waals surface area (Å²) >= 11 is 0. The minimum Gasteiger partial charge on any atom is -0.357 e. The van der Waals surface area contributed by atoms with E-state index < -0.39 is 10.0 Å². The normalized spacial score (nSPS) is 17.1. The fourth-order valence-electron chi connectivity index (χ4n) is 3.62. The standard InChI is InChI=1S/C20H24N4O3S/c25-20-9-5-16-12-17(6-7-18(16)23-20)28(26,27)22-14-15-4-8-19(21-13-15)24-10-2-1-3-11-24/h4,6-8,12-13,22H,1-3,5,9-11,14H2,(H,23,25). The summed E-state index contributed by atoms with van der Waals surface area (Å²) < 4.78 is 27.9. The molecule has 0 radical (unpaired) electrons. The quantitative estimate of drug-likeness (QED) is 0.804. The summed E-state index contributed by atoms with van der Waals surface area (Å²) in [6.45, 7) is 2.24. The number of carbonyl (C=O) groups excluding carboxylic acids is 1. The fraction of sp³-hybridized carbons (Fsp3) is 0.400. The maximum absolute atomic E-state index is 12.6. The molecule has 2 aliphatic heterocycles. The van der Waals surface area contributed by atoms with E-state index in [1.54, 1.807) is 18.3 Å². The first-order chi connectivity index (χ1) is 13.5. The number of pyridine rings is 1. The molecule has 1 fully saturated rings. The molecule has 0 saturated carbocycles. The summed E-state index contributed by atoms with van der Waals surface area (Å²) in [7, 11) is -3.64. The van der Waals surface area contributed by atoms with Gasteiger partial charge in [0.1, 0.15) is 5.82 Å². The van der Waals surface area contributed by atoms with Crippen molar-refractivity contribution in [2.45, 2.75) is 43.5 Å². The Morgan fingerprint density at radius 3 is 2.64 bits per heavy atom. The van der Waals surface area contributed by atoms with Gasteiger partial charge in [0.15, 0.2) is 0 Å². The third-order valence-electron chi connectivity index (χ3n) is 5.24. The van der Waals surface area contributed by atoms with Gasteiger partial charge in [0, 0.05) is 37.9 Å². The minimum atomic E-state index is -3.64. The van der Waals surface area contributed by atoms with Crippen LogP contribution in [0.1, 0.15) is 36.8 Å². The van der Waals surface area contributed by atoms with Crippen LogP contribution in [0.5, 0.6) is 0 Å². The monoisotopic (exact) mass is 400 g/mol. The maximum atomic E-state index is 12.6. The Morgan fingerprint density at radius 2 is 1.89 bits per heavy atom. The van der Waals surface area contributed by atoms with Crippen LogP contribution in [0.3, 0.4) is 0 Å². The molecule has 0 aliphatic carbocycles. The SMILES string of the molecule is O=C1CCc2cc(S(=O)(=O)NCc3ccc(N4CCCCC4)nc3)ccc2N1. The second-order valence-electron chi connectivity index (χ2n) is 7.26. The lowest BCUT2D eigenvalue weighted by Crippen LogP contribution is -2.30. The van der Waals surface area contributed by atoms with Crippen LogP contribution in [0.4, 0.5) is 11.5 Å². The zero-order valence-corrected chi connectivity index (χ0v) is 16.5. The molecular weight excluding hydrogens is 376 g/mol. The predicted octanol–water partition coefficient (Wildman–Crippen LogP) is 2.44. The number of aryl methyl sites for hydroxylation is 1. The molecular formula is C20H24N4O3S. The van der Waals surface area contributed by atoms with Crippen molar-refractivity contribution in [3.8, 4) is 0 Å². The Morgan fingerprint density at radius 1 is 1.07 bits per heavy atom. The fourth-order valence-corrected chi connectivity index (χ4v) is 4.69. The first-order valence-corrected chi connectivity index (χ1v) is 11.1. The van der Waals surface area contributed by atoms with E-state index in [-0.39, 0.29) is 17.3 Å². The number of piperidine rings is 1. The van der Waals surface area contributed by atoms with Gasteiger partial charge in [-0.2, -0.15) is 0 Å². The summed E-state index contributed by atoms with van der Waals surface area (Å²) in [6.07, 6.45) is 6.30. The van der Waals surface area contributed by atoms with Gasteiger partial charge in [-0.3, -0.25) is 4.79 Å². The van der Waals surface area contributed by atoms with Gasteiger partial charge in [-0.15, -0.1) is 0 Å². The molecule has 0 atom stereocenters. The van der Waals surface area contributed by atoms with Gasteiger partial charge in [0.25, 0.3) is 0 Å². The Balaban J connectivity index is 1.41. The van der Waals surface area contributed by atoms with E-state index in [2.05, 4.69) is 19.9 Å². The molecule has 0 unspecified atom stereocenters. The highest BCUT2D eigenvalue weighted by Crippen LogP contribution is 2.25. The second-order valence-corrected chi connectivity index (χ2v) is 9.03. The molecule has 1 aromatic carbocycles. The first-order valence-electron chi connectivity index (χ1n) is 9.64. The van der Waals surface area contributed by atoms with Crippen LogP contribution in [0.2, 0.25) is 0 Å². The van der Waals surface area contributed by atoms with E-state index in [0.717, 1.165) is 30.0 Å². The zero-order chi connectivity index (χ0) is 19.6. The van der Waals surface area contributed by atoms with Gasteiger partial charge >= 0.3 is 0 Å². The van der Waals surface area contributed by atoms with Gasteiger partial charge in [-0.25, -0.2) is 18.1 Å². The molecule has 0 spiro atoms. The molecule has 1 amide bonds. The summed E-state index contributed by atoms with van der Waals surface area (Å²) in [5.74, 6) is 0.907. The van der Waals surface area contributed by atoms with E-state index in [1.165, 1.54) is 25.3 Å². The highest BCUT2D eigenvalue weighted by atomic mass is 32.2. The van der Waals surface area contributed by atoms with E-state index in [0.29, 0.717) is 18.5 Å². The van der Waals surface area contributed by atoms with Gasteiger partial charge in [0.05, 0.1) is 4.90 Å². The van der Waals surface area contributed by atoms with E-state index in [1.807, 2.05) is 12.1 Å². The number of benzene rings is 1. The molecule has 3 heterocycles. The van der Waals surface area contributed by atoms with Gasteiger partial charge in [-0.05, 0) is 61.1 Å². The van der Waals surface area contributed by atoms with Crippen molar-refractivity contribution in [3.63, 3.8) is 0 Å². The zero-order valence-electron chi connectivity index (χ0n) is 15.6. The Hall–Kier alpha value is -2.45. The molecule has 28 heavy (non-hydrogen) atoms. The van der Waals surface area contributed by atoms with Crippen LogP contribution < -0.4 is 14.9 Å². The summed E-state index contributed by atoms with van der Waals surface area (Å²) in [5.41, 5.74) is 2.34. The van der Waals surface area contributed by atoms with Crippen LogP contribution in [0, 0.1) is 0 Å². The number of sulfonamides is 1. The topological polar surface area (TPSA) is 91.4 Å². The van der Waals surface area contributed by atoms with Crippen molar-refractivity contribution < 1.29 is 13.2 Å². The number of nitrogens with zero attached hydrogens (tertiary/aromatic N) is 2. The smallest absolute Gasteiger partial charge is 0.240 e. The van der Waals surface area contributed by atoms with E-state index in [9.17, 15) is 13.2 Å². The molecule has 8 heteroatoms. The van der Waals surface area contributed by atoms with Crippen LogP contribution in [0.25, 0.3) is 0 Å². The third kappa shape index (κ3) is 4.18. The lowest BCUT2D eigenvalue weighted by molar-refractivity contribution is -0.116. The summed E-state index contributed by atoms with van der Waals surface area (Å²) in [4.78, 5) is 18.4. The number of fused-ring (bicyclic) bond motifs is 1. The Kier molecular flexibility index (Phi) is 5.32. The third-order valence-corrected chi connectivity index (χ3v) is 6.64. The summed E-state index contributed by atoms with van der Waals surface area (Å²) in [5, 5.41) is 2.76. The number of nitrogens with one attached hydrogen (secondary N) is 2. The first kappa shape index (κ1) is 18.9. The van der Waals surface area contributed by atoms with Crippen molar-refractivity contribution in [2.24, 2.45) is 0 Å². The van der Waals surface area contributed by atoms with Gasteiger partial charge in [0.2, 0.25) is 15.9 Å². The average Bonchev–Trinajstić information content (AvgIpc) is 2.73. The number of hydrogen-bond donors (Lipinski definition) is 2. The van der Waals surface area contributed by atoms with Crippen molar-refractivity contribution in [3.05, 3.63) is 47.7 Å². The van der Waals surface area contributed by atoms with Crippen LogP contribution >= 0.6 is 0 Å². The molecule has 1 aromatic heterocycles. The van der Waals surface area contributed by atoms with Crippen LogP contribution in [-0.4, -0.2) is 32.4 Å². The Bertz CT molecular complexity index is 967. The second kappa shape index (κ2) is 7.89. The number of hydrogen-bond acceptors (Lipinski definition) is 5. The van der Waals surface area contributed by atoms with Gasteiger partial charge in [-0.1, -0.05) is 6.07 Å². The molecule has 2 aliphatic rings. The number of carbonyl (C=O) groups is 1. The summed E-state index contributed by atoms with van der Waals surface area (Å²) in [6, 6.07) is 8.67. The van der Waals surface area contributed by atoms with Gasteiger partial charge < -0.3 is 10.2 Å². The molecule has 4 rings (SSSR count). The highest BCUT2D eigenvalue weighted by molar-refractivity contribution is 7.89. The number of anilines is 2.